The van der Waals surface area contributed by atoms with Crippen molar-refractivity contribution in [2.45, 2.75) is 38.2 Å². The number of rotatable bonds is 7. The highest BCUT2D eigenvalue weighted by Crippen LogP contribution is 2.31. The van der Waals surface area contributed by atoms with E-state index < -0.39 is 0 Å². The Kier molecular flexibility index (Phi) is 7.69. The van der Waals surface area contributed by atoms with Gasteiger partial charge in [0.2, 0.25) is 0 Å². The zero-order valence-corrected chi connectivity index (χ0v) is 21.1. The molecule has 2 fully saturated rings. The molecule has 0 bridgehead atoms. The lowest BCUT2D eigenvalue weighted by Crippen LogP contribution is -2.47. The maximum absolute atomic E-state index is 12.3. The molecule has 1 saturated carbocycles. The summed E-state index contributed by atoms with van der Waals surface area (Å²) in [5.74, 6) is 2.58. The maximum Gasteiger partial charge on any atom is 0.411 e. The van der Waals surface area contributed by atoms with Gasteiger partial charge in [-0.2, -0.15) is 4.37 Å². The summed E-state index contributed by atoms with van der Waals surface area (Å²) in [4.78, 5) is 17.3. The van der Waals surface area contributed by atoms with Gasteiger partial charge >= 0.3 is 6.09 Å². The lowest BCUT2D eigenvalue weighted by atomic mass is 9.85. The number of piperazine rings is 1. The van der Waals surface area contributed by atoms with Crippen LogP contribution in [0.1, 0.15) is 32.1 Å². The lowest BCUT2D eigenvalue weighted by Gasteiger charge is -2.36. The van der Waals surface area contributed by atoms with Crippen LogP contribution in [0.15, 0.2) is 48.5 Å². The number of carbonyl (C=O) groups is 1. The van der Waals surface area contributed by atoms with Crippen LogP contribution < -0.4 is 15.0 Å². The number of aromatic nitrogens is 1. The van der Waals surface area contributed by atoms with Crippen LogP contribution in [0.5, 0.6) is 5.75 Å². The molecular weight excluding hydrogens is 460 g/mol. The van der Waals surface area contributed by atoms with Gasteiger partial charge in [0.1, 0.15) is 17.7 Å². The number of methoxy groups -OCH3 is 1. The number of nitrogens with zero attached hydrogens (tertiary/aromatic N) is 3. The van der Waals surface area contributed by atoms with Gasteiger partial charge in [0, 0.05) is 43.3 Å². The van der Waals surface area contributed by atoms with E-state index in [1.807, 2.05) is 18.2 Å². The molecule has 5 rings (SSSR count). The number of hydrogen-bond acceptors (Lipinski definition) is 7. The molecule has 1 amide bonds. The third-order valence-corrected chi connectivity index (χ3v) is 8.08. The molecule has 2 aromatic carbocycles. The minimum atomic E-state index is -0.382. The van der Waals surface area contributed by atoms with E-state index in [9.17, 15) is 4.79 Å². The molecule has 35 heavy (non-hydrogen) atoms. The van der Waals surface area contributed by atoms with Crippen LogP contribution in [0.3, 0.4) is 0 Å². The molecule has 1 aliphatic heterocycles. The van der Waals surface area contributed by atoms with Gasteiger partial charge in [-0.15, -0.1) is 0 Å². The van der Waals surface area contributed by atoms with Crippen LogP contribution in [-0.2, 0) is 4.74 Å². The molecule has 0 radical (unpaired) electrons. The van der Waals surface area contributed by atoms with Gasteiger partial charge in [0.05, 0.1) is 11.8 Å². The zero-order valence-electron chi connectivity index (χ0n) is 20.3. The number of fused-ring (bicyclic) bond motifs is 1. The maximum atomic E-state index is 12.3. The molecule has 0 spiro atoms. The van der Waals surface area contributed by atoms with Crippen LogP contribution in [-0.4, -0.2) is 61.3 Å². The van der Waals surface area contributed by atoms with Crippen molar-refractivity contribution in [3.05, 3.63) is 48.5 Å². The molecule has 0 unspecified atom stereocenters. The smallest absolute Gasteiger partial charge is 0.411 e. The van der Waals surface area contributed by atoms with Crippen LogP contribution in [0.4, 0.5) is 16.3 Å². The van der Waals surface area contributed by atoms with E-state index in [0.717, 1.165) is 70.1 Å². The van der Waals surface area contributed by atoms with E-state index in [-0.39, 0.29) is 12.2 Å². The Bertz CT molecular complexity index is 1120. The van der Waals surface area contributed by atoms with Crippen LogP contribution in [0.25, 0.3) is 10.1 Å². The van der Waals surface area contributed by atoms with Crippen molar-refractivity contribution in [3.8, 4) is 5.75 Å². The molecule has 2 aliphatic rings. The topological polar surface area (TPSA) is 66.9 Å². The molecule has 1 aliphatic carbocycles. The number of nitrogens with one attached hydrogen (secondary N) is 1. The van der Waals surface area contributed by atoms with Gasteiger partial charge in [0.25, 0.3) is 0 Å². The number of amides is 1. The normalized spacial score (nSPS) is 21.1. The molecule has 1 aromatic heterocycles. The monoisotopic (exact) mass is 494 g/mol. The molecule has 2 heterocycles. The molecule has 3 aromatic rings. The van der Waals surface area contributed by atoms with Crippen molar-refractivity contribution in [2.75, 3.05) is 50.1 Å². The van der Waals surface area contributed by atoms with Crippen molar-refractivity contribution in [2.24, 2.45) is 5.92 Å². The Hall–Kier alpha value is -2.84. The van der Waals surface area contributed by atoms with Crippen LogP contribution in [0.2, 0.25) is 0 Å². The Morgan fingerprint density at radius 1 is 1.06 bits per heavy atom. The van der Waals surface area contributed by atoms with Crippen molar-refractivity contribution in [1.29, 1.82) is 0 Å². The number of hydrogen-bond donors (Lipinski definition) is 1. The van der Waals surface area contributed by atoms with Gasteiger partial charge in [-0.3, -0.25) is 10.2 Å². The van der Waals surface area contributed by atoms with E-state index in [1.54, 1.807) is 24.7 Å². The molecule has 186 valence electrons. The summed E-state index contributed by atoms with van der Waals surface area (Å²) in [6.45, 7) is 5.41. The van der Waals surface area contributed by atoms with Gasteiger partial charge in [0.15, 0.2) is 0 Å². The number of anilines is 2. The summed E-state index contributed by atoms with van der Waals surface area (Å²) in [5, 5.41) is 4.09. The van der Waals surface area contributed by atoms with Gasteiger partial charge in [-0.1, -0.05) is 18.2 Å². The van der Waals surface area contributed by atoms with Crippen molar-refractivity contribution >= 4 is 39.2 Å². The molecule has 0 atom stereocenters. The van der Waals surface area contributed by atoms with E-state index in [2.05, 4.69) is 39.4 Å². The number of ether oxygens (including phenoxy) is 2. The first-order valence-electron chi connectivity index (χ1n) is 12.6. The highest BCUT2D eigenvalue weighted by Gasteiger charge is 2.26. The number of benzene rings is 2. The first-order chi connectivity index (χ1) is 17.2. The minimum Gasteiger partial charge on any atom is -0.497 e. The second kappa shape index (κ2) is 11.3. The SMILES string of the molecule is COc1cccc(NC(=O)O[C@H]2CC[C@H](CCN3CCN(c4nsc5ccccc45)CC3)CC2)c1. The molecule has 8 heteroatoms. The summed E-state index contributed by atoms with van der Waals surface area (Å²) in [6.07, 6.45) is 4.99. The molecule has 7 nitrogen and oxygen atoms in total. The van der Waals surface area contributed by atoms with E-state index in [4.69, 9.17) is 13.8 Å². The Balaban J connectivity index is 1.00. The summed E-state index contributed by atoms with van der Waals surface area (Å²) in [6, 6.07) is 15.8. The Morgan fingerprint density at radius 3 is 2.66 bits per heavy atom. The quantitative estimate of drug-likeness (QED) is 0.460. The second-order valence-electron chi connectivity index (χ2n) is 9.52. The van der Waals surface area contributed by atoms with E-state index in [1.165, 1.54) is 16.5 Å². The fraction of sp³-hybridized carbons (Fsp3) is 0.481. The summed E-state index contributed by atoms with van der Waals surface area (Å²) < 4.78 is 16.9. The fourth-order valence-electron chi connectivity index (χ4n) is 5.19. The first-order valence-corrected chi connectivity index (χ1v) is 13.4. The van der Waals surface area contributed by atoms with Crippen molar-refractivity contribution < 1.29 is 14.3 Å². The summed E-state index contributed by atoms with van der Waals surface area (Å²) >= 11 is 1.60. The minimum absolute atomic E-state index is 0.00772. The molecule has 1 N–H and O–H groups in total. The molecule has 1 saturated heterocycles. The van der Waals surface area contributed by atoms with Crippen molar-refractivity contribution in [3.63, 3.8) is 0 Å². The first kappa shape index (κ1) is 23.9. The summed E-state index contributed by atoms with van der Waals surface area (Å²) in [7, 11) is 1.61. The third kappa shape index (κ3) is 6.05. The largest absolute Gasteiger partial charge is 0.497 e. The standard InChI is InChI=1S/C27H34N4O3S/c1-33-23-6-4-5-21(19-23)28-27(32)34-22-11-9-20(10-12-22)13-14-30-15-17-31(18-16-30)26-24-7-2-3-8-25(24)35-29-26/h2-8,19-20,22H,9-18H2,1H3,(H,28,32)/t20-,22-. The predicted molar refractivity (Wildman–Crippen MR) is 142 cm³/mol. The van der Waals surface area contributed by atoms with Gasteiger partial charge in [-0.25, -0.2) is 4.79 Å². The van der Waals surface area contributed by atoms with Gasteiger partial charge in [-0.05, 0) is 80.4 Å². The average Bonchev–Trinajstić information content (AvgIpc) is 3.33. The molecular formula is C27H34N4O3S. The van der Waals surface area contributed by atoms with Gasteiger partial charge < -0.3 is 14.4 Å². The van der Waals surface area contributed by atoms with E-state index in [0.29, 0.717) is 11.4 Å². The Labute approximate surface area is 211 Å². The van der Waals surface area contributed by atoms with E-state index >= 15 is 0 Å². The third-order valence-electron chi connectivity index (χ3n) is 7.27. The fourth-order valence-corrected chi connectivity index (χ4v) is 5.98. The average molecular weight is 495 g/mol. The predicted octanol–water partition coefficient (Wildman–Crippen LogP) is 5.62. The zero-order chi connectivity index (χ0) is 24.0. The number of carbonyl (C=O) groups excluding carboxylic acids is 1. The van der Waals surface area contributed by atoms with Crippen LogP contribution >= 0.6 is 11.5 Å². The highest BCUT2D eigenvalue weighted by atomic mass is 32.1. The summed E-state index contributed by atoms with van der Waals surface area (Å²) in [5.41, 5.74) is 0.686. The Morgan fingerprint density at radius 2 is 1.86 bits per heavy atom. The second-order valence-corrected chi connectivity index (χ2v) is 10.3. The highest BCUT2D eigenvalue weighted by molar-refractivity contribution is 7.13. The lowest BCUT2D eigenvalue weighted by molar-refractivity contribution is 0.0709. The van der Waals surface area contributed by atoms with Crippen LogP contribution in [0, 0.1) is 5.92 Å². The van der Waals surface area contributed by atoms with Crippen molar-refractivity contribution in [1.82, 2.24) is 9.27 Å².